The average Bonchev–Trinajstić information content (AvgIpc) is 2.92. The van der Waals surface area contributed by atoms with Gasteiger partial charge in [-0.3, -0.25) is 4.90 Å². The Morgan fingerprint density at radius 2 is 2.03 bits per heavy atom. The molecule has 1 aromatic rings. The highest BCUT2D eigenvalue weighted by Crippen LogP contribution is 2.17. The fourth-order valence-corrected chi connectivity index (χ4v) is 5.01. The van der Waals surface area contributed by atoms with Gasteiger partial charge in [0.2, 0.25) is 0 Å². The minimum absolute atomic E-state index is 0.112. The largest absolute Gasteiger partial charge is 0.302 e. The molecule has 1 aliphatic rings. The Morgan fingerprint density at radius 3 is 2.72 bits per heavy atom. The van der Waals surface area contributed by atoms with E-state index in [4.69, 9.17) is 0 Å². The Balaban J connectivity index is 1.82. The summed E-state index contributed by atoms with van der Waals surface area (Å²) in [5.74, 6) is 0. The number of aldehydes is 1. The number of unbranched alkanes of at least 4 members (excludes halogenated alkanes) is 1. The minimum atomic E-state index is -3.17. The summed E-state index contributed by atoms with van der Waals surface area (Å²) < 4.78 is 23.6. The van der Waals surface area contributed by atoms with Crippen LogP contribution in [-0.4, -0.2) is 69.0 Å². The molecule has 0 saturated carbocycles. The number of hydrogen-bond donors (Lipinski definition) is 0. The van der Waals surface area contributed by atoms with Crippen molar-refractivity contribution in [1.82, 2.24) is 9.80 Å². The third kappa shape index (κ3) is 7.83. The minimum Gasteiger partial charge on any atom is -0.302 e. The molecular formula is C23H38N2O3S. The van der Waals surface area contributed by atoms with E-state index in [0.29, 0.717) is 10.9 Å². The maximum Gasteiger partial charge on any atom is 0.175 e. The monoisotopic (exact) mass is 422 g/mol. The SMILES string of the molecule is CCN(CCCCN1CCCCCC1C=O)C(C)Cc1cccc(S(C)(=O)=O)c1. The third-order valence-electron chi connectivity index (χ3n) is 6.10. The van der Waals surface area contributed by atoms with Crippen LogP contribution in [-0.2, 0) is 21.1 Å². The summed E-state index contributed by atoms with van der Waals surface area (Å²) in [5, 5.41) is 0. The van der Waals surface area contributed by atoms with E-state index < -0.39 is 9.84 Å². The van der Waals surface area contributed by atoms with Crippen LogP contribution in [0.5, 0.6) is 0 Å². The molecule has 2 atom stereocenters. The van der Waals surface area contributed by atoms with E-state index >= 15 is 0 Å². The average molecular weight is 423 g/mol. The van der Waals surface area contributed by atoms with Crippen molar-refractivity contribution in [2.75, 3.05) is 32.4 Å². The predicted molar refractivity (Wildman–Crippen MR) is 119 cm³/mol. The molecule has 0 N–H and O–H groups in total. The molecule has 29 heavy (non-hydrogen) atoms. The van der Waals surface area contributed by atoms with E-state index in [2.05, 4.69) is 23.6 Å². The molecule has 1 heterocycles. The van der Waals surface area contributed by atoms with Crippen molar-refractivity contribution in [3.05, 3.63) is 29.8 Å². The normalized spacial score (nSPS) is 19.8. The summed E-state index contributed by atoms with van der Waals surface area (Å²) in [7, 11) is -3.17. The van der Waals surface area contributed by atoms with Crippen LogP contribution in [0.3, 0.4) is 0 Å². The van der Waals surface area contributed by atoms with Crippen LogP contribution >= 0.6 is 0 Å². The number of rotatable bonds is 11. The molecule has 1 aromatic carbocycles. The number of hydrogen-bond acceptors (Lipinski definition) is 5. The lowest BCUT2D eigenvalue weighted by molar-refractivity contribution is -0.112. The highest BCUT2D eigenvalue weighted by atomic mass is 32.2. The summed E-state index contributed by atoms with van der Waals surface area (Å²) in [4.78, 5) is 16.6. The van der Waals surface area contributed by atoms with Crippen molar-refractivity contribution in [3.63, 3.8) is 0 Å². The first-order chi connectivity index (χ1) is 13.8. The van der Waals surface area contributed by atoms with Gasteiger partial charge < -0.3 is 9.69 Å². The van der Waals surface area contributed by atoms with Crippen LogP contribution in [0, 0.1) is 0 Å². The summed E-state index contributed by atoms with van der Waals surface area (Å²) in [6.07, 6.45) is 10.1. The zero-order valence-electron chi connectivity index (χ0n) is 18.3. The van der Waals surface area contributed by atoms with Gasteiger partial charge >= 0.3 is 0 Å². The highest BCUT2D eigenvalue weighted by molar-refractivity contribution is 7.90. The molecule has 2 rings (SSSR count). The predicted octanol–water partition coefficient (Wildman–Crippen LogP) is 3.57. The Kier molecular flexibility index (Phi) is 9.80. The van der Waals surface area contributed by atoms with Crippen LogP contribution in [0.2, 0.25) is 0 Å². The summed E-state index contributed by atoms with van der Waals surface area (Å²) in [6, 6.07) is 7.78. The standard InChI is InChI=1S/C23H38N2O3S/c1-4-24(14-8-9-16-25-15-7-5-6-12-22(25)19-26)20(2)17-21-11-10-13-23(18-21)29(3,27)28/h10-11,13,18-20,22H,4-9,12,14-17H2,1-3H3. The number of carbonyl (C=O) groups excluding carboxylic acids is 1. The Labute approximate surface area is 177 Å². The van der Waals surface area contributed by atoms with Gasteiger partial charge in [-0.05, 0) is 82.9 Å². The van der Waals surface area contributed by atoms with Crippen molar-refractivity contribution in [3.8, 4) is 0 Å². The van der Waals surface area contributed by atoms with Crippen molar-refractivity contribution in [1.29, 1.82) is 0 Å². The van der Waals surface area contributed by atoms with Gasteiger partial charge in [0.05, 0.1) is 10.9 Å². The van der Waals surface area contributed by atoms with E-state index in [-0.39, 0.29) is 6.04 Å². The lowest BCUT2D eigenvalue weighted by atomic mass is 10.1. The molecule has 1 fully saturated rings. The van der Waals surface area contributed by atoms with Crippen molar-refractivity contribution >= 4 is 16.1 Å². The molecule has 0 aromatic heterocycles. The molecule has 2 unspecified atom stereocenters. The van der Waals surface area contributed by atoms with E-state index in [1.54, 1.807) is 12.1 Å². The quantitative estimate of drug-likeness (QED) is 0.403. The molecule has 0 amide bonds. The summed E-state index contributed by atoms with van der Waals surface area (Å²) in [5.41, 5.74) is 1.07. The molecule has 6 heteroatoms. The number of likely N-dealkylation sites (N-methyl/N-ethyl adjacent to an activating group) is 1. The maximum atomic E-state index is 11.8. The summed E-state index contributed by atoms with van der Waals surface area (Å²) >= 11 is 0. The molecule has 5 nitrogen and oxygen atoms in total. The van der Waals surface area contributed by atoms with Crippen LogP contribution < -0.4 is 0 Å². The van der Waals surface area contributed by atoms with Crippen LogP contribution in [0.4, 0.5) is 0 Å². The number of benzene rings is 1. The smallest absolute Gasteiger partial charge is 0.175 e. The first kappa shape index (κ1) is 24.0. The number of carbonyl (C=O) groups is 1. The van der Waals surface area contributed by atoms with Crippen LogP contribution in [0.25, 0.3) is 0 Å². The zero-order valence-corrected chi connectivity index (χ0v) is 19.2. The van der Waals surface area contributed by atoms with Gasteiger partial charge in [-0.15, -0.1) is 0 Å². The number of likely N-dealkylation sites (tertiary alicyclic amines) is 1. The molecule has 164 valence electrons. The fourth-order valence-electron chi connectivity index (χ4n) is 4.32. The van der Waals surface area contributed by atoms with Gasteiger partial charge in [0, 0.05) is 12.3 Å². The highest BCUT2D eigenvalue weighted by Gasteiger charge is 2.20. The van der Waals surface area contributed by atoms with Gasteiger partial charge in [0.15, 0.2) is 9.84 Å². The van der Waals surface area contributed by atoms with Gasteiger partial charge in [-0.25, -0.2) is 8.42 Å². The van der Waals surface area contributed by atoms with Crippen LogP contribution in [0.15, 0.2) is 29.2 Å². The number of sulfone groups is 1. The van der Waals surface area contributed by atoms with E-state index in [9.17, 15) is 13.2 Å². The van der Waals surface area contributed by atoms with Gasteiger partial charge in [0.25, 0.3) is 0 Å². The van der Waals surface area contributed by atoms with E-state index in [0.717, 1.165) is 63.7 Å². The Bertz CT molecular complexity index is 735. The van der Waals surface area contributed by atoms with Gasteiger partial charge in [-0.2, -0.15) is 0 Å². The van der Waals surface area contributed by atoms with Crippen molar-refractivity contribution in [2.45, 2.75) is 75.8 Å². The van der Waals surface area contributed by atoms with E-state index in [1.807, 2.05) is 12.1 Å². The first-order valence-electron chi connectivity index (χ1n) is 11.1. The Hall–Kier alpha value is -1.24. The molecule has 1 saturated heterocycles. The van der Waals surface area contributed by atoms with Crippen molar-refractivity contribution < 1.29 is 13.2 Å². The summed E-state index contributed by atoms with van der Waals surface area (Å²) in [6.45, 7) is 8.46. The Morgan fingerprint density at radius 1 is 1.24 bits per heavy atom. The second kappa shape index (κ2) is 11.8. The molecule has 0 spiro atoms. The van der Waals surface area contributed by atoms with Crippen LogP contribution in [0.1, 0.15) is 57.9 Å². The third-order valence-corrected chi connectivity index (χ3v) is 7.21. The lowest BCUT2D eigenvalue weighted by Gasteiger charge is -2.29. The maximum absolute atomic E-state index is 11.8. The topological polar surface area (TPSA) is 57.7 Å². The molecule has 0 bridgehead atoms. The first-order valence-corrected chi connectivity index (χ1v) is 13.0. The van der Waals surface area contributed by atoms with Crippen molar-refractivity contribution in [2.24, 2.45) is 0 Å². The second-order valence-electron chi connectivity index (χ2n) is 8.40. The fraction of sp³-hybridized carbons (Fsp3) is 0.696. The van der Waals surface area contributed by atoms with E-state index in [1.165, 1.54) is 25.5 Å². The van der Waals surface area contributed by atoms with Gasteiger partial charge in [-0.1, -0.05) is 31.9 Å². The second-order valence-corrected chi connectivity index (χ2v) is 10.4. The molecule has 0 aliphatic carbocycles. The molecule has 0 radical (unpaired) electrons. The van der Waals surface area contributed by atoms with Gasteiger partial charge in [0.1, 0.15) is 6.29 Å². The number of nitrogens with zero attached hydrogens (tertiary/aromatic N) is 2. The molecule has 1 aliphatic heterocycles. The lowest BCUT2D eigenvalue weighted by Crippen LogP contribution is -2.38. The zero-order chi connectivity index (χ0) is 21.3. The molecular weight excluding hydrogens is 384 g/mol.